The predicted molar refractivity (Wildman–Crippen MR) is 55.2 cm³/mol. The molecule has 2 saturated carbocycles. The highest BCUT2D eigenvalue weighted by Crippen LogP contribution is 2.59. The Morgan fingerprint density at radius 2 is 2.40 bits per heavy atom. The van der Waals surface area contributed by atoms with Crippen LogP contribution >= 0.6 is 0 Å². The van der Waals surface area contributed by atoms with Crippen LogP contribution in [0.3, 0.4) is 0 Å². The standard InChI is InChI=1S/C12H18O3/c1-15-11(14)12-5-4-9(8-12)7-10(12)3-2-6-13/h6,9-10H,2-5,7-8H2,1H3. The Kier molecular flexibility index (Phi) is 2.81. The fourth-order valence-electron chi connectivity index (χ4n) is 3.60. The molecule has 0 aromatic heterocycles. The van der Waals surface area contributed by atoms with Crippen LogP contribution < -0.4 is 0 Å². The minimum atomic E-state index is -0.234. The molecule has 0 saturated heterocycles. The zero-order valence-corrected chi connectivity index (χ0v) is 9.20. The van der Waals surface area contributed by atoms with Crippen LogP contribution in [0.15, 0.2) is 0 Å². The van der Waals surface area contributed by atoms with Crippen molar-refractivity contribution in [3.05, 3.63) is 0 Å². The number of methoxy groups -OCH3 is 1. The highest BCUT2D eigenvalue weighted by Gasteiger charge is 2.56. The number of carbonyl (C=O) groups excluding carboxylic acids is 2. The van der Waals surface area contributed by atoms with E-state index in [0.717, 1.165) is 38.4 Å². The molecule has 0 radical (unpaired) electrons. The summed E-state index contributed by atoms with van der Waals surface area (Å²) in [6.07, 6.45) is 6.62. The van der Waals surface area contributed by atoms with Crippen molar-refractivity contribution in [3.8, 4) is 0 Å². The van der Waals surface area contributed by atoms with Crippen molar-refractivity contribution in [2.45, 2.75) is 38.5 Å². The van der Waals surface area contributed by atoms with Crippen molar-refractivity contribution in [1.82, 2.24) is 0 Å². The number of fused-ring (bicyclic) bond motifs is 2. The van der Waals surface area contributed by atoms with Crippen LogP contribution in [0.1, 0.15) is 38.5 Å². The van der Waals surface area contributed by atoms with Gasteiger partial charge in [-0.3, -0.25) is 4.79 Å². The summed E-state index contributed by atoms with van der Waals surface area (Å²) in [6, 6.07) is 0. The van der Waals surface area contributed by atoms with Crippen molar-refractivity contribution >= 4 is 12.3 Å². The molecule has 2 rings (SSSR count). The lowest BCUT2D eigenvalue weighted by atomic mass is 9.73. The Morgan fingerprint density at radius 3 is 3.00 bits per heavy atom. The number of carbonyl (C=O) groups is 2. The summed E-state index contributed by atoms with van der Waals surface area (Å²) in [5, 5.41) is 0. The van der Waals surface area contributed by atoms with Crippen LogP contribution in [0.4, 0.5) is 0 Å². The average molecular weight is 210 g/mol. The molecule has 2 fully saturated rings. The third-order valence-corrected chi connectivity index (χ3v) is 4.28. The molecule has 15 heavy (non-hydrogen) atoms. The van der Waals surface area contributed by atoms with Crippen molar-refractivity contribution in [2.24, 2.45) is 17.3 Å². The lowest BCUT2D eigenvalue weighted by Gasteiger charge is -2.32. The molecule has 2 bridgehead atoms. The fraction of sp³-hybridized carbons (Fsp3) is 0.833. The Bertz CT molecular complexity index is 274. The van der Waals surface area contributed by atoms with E-state index in [1.54, 1.807) is 0 Å². The van der Waals surface area contributed by atoms with Crippen LogP contribution in [0.5, 0.6) is 0 Å². The molecular weight excluding hydrogens is 192 g/mol. The van der Waals surface area contributed by atoms with Gasteiger partial charge in [-0.15, -0.1) is 0 Å². The van der Waals surface area contributed by atoms with Crippen molar-refractivity contribution in [2.75, 3.05) is 7.11 Å². The summed E-state index contributed by atoms with van der Waals surface area (Å²) in [4.78, 5) is 22.3. The van der Waals surface area contributed by atoms with E-state index < -0.39 is 0 Å². The van der Waals surface area contributed by atoms with Gasteiger partial charge in [-0.2, -0.15) is 0 Å². The molecule has 0 aromatic rings. The highest BCUT2D eigenvalue weighted by molar-refractivity contribution is 5.78. The zero-order chi connectivity index (χ0) is 10.9. The number of hydrogen-bond donors (Lipinski definition) is 0. The number of rotatable bonds is 4. The third-order valence-electron chi connectivity index (χ3n) is 4.28. The first kappa shape index (κ1) is 10.7. The summed E-state index contributed by atoms with van der Waals surface area (Å²) in [5.74, 6) is 1.04. The molecular formula is C12H18O3. The number of hydrogen-bond acceptors (Lipinski definition) is 3. The summed E-state index contributed by atoms with van der Waals surface area (Å²) in [5.41, 5.74) is -0.234. The lowest BCUT2D eigenvalue weighted by molar-refractivity contribution is -0.155. The Labute approximate surface area is 90.2 Å². The first-order valence-electron chi connectivity index (χ1n) is 5.75. The van der Waals surface area contributed by atoms with Gasteiger partial charge in [0.1, 0.15) is 6.29 Å². The van der Waals surface area contributed by atoms with Crippen LogP contribution in [0.25, 0.3) is 0 Å². The van der Waals surface area contributed by atoms with Crippen molar-refractivity contribution in [3.63, 3.8) is 0 Å². The Balaban J connectivity index is 2.11. The van der Waals surface area contributed by atoms with E-state index in [9.17, 15) is 9.59 Å². The van der Waals surface area contributed by atoms with Gasteiger partial charge < -0.3 is 9.53 Å². The van der Waals surface area contributed by atoms with E-state index in [-0.39, 0.29) is 11.4 Å². The normalized spacial score (nSPS) is 37.9. The molecule has 84 valence electrons. The monoisotopic (exact) mass is 210 g/mol. The smallest absolute Gasteiger partial charge is 0.312 e. The maximum atomic E-state index is 11.9. The number of ether oxygens (including phenoxy) is 1. The molecule has 0 aromatic carbocycles. The van der Waals surface area contributed by atoms with Gasteiger partial charge in [-0.05, 0) is 43.9 Å². The van der Waals surface area contributed by atoms with Gasteiger partial charge in [-0.1, -0.05) is 0 Å². The maximum absolute atomic E-state index is 11.9. The van der Waals surface area contributed by atoms with E-state index in [2.05, 4.69) is 0 Å². The molecule has 0 N–H and O–H groups in total. The van der Waals surface area contributed by atoms with Crippen LogP contribution in [0, 0.1) is 17.3 Å². The molecule has 2 aliphatic rings. The summed E-state index contributed by atoms with van der Waals surface area (Å²) < 4.78 is 4.94. The van der Waals surface area contributed by atoms with E-state index in [1.807, 2.05) is 0 Å². The van der Waals surface area contributed by atoms with Gasteiger partial charge in [0, 0.05) is 6.42 Å². The Hall–Kier alpha value is -0.860. The number of esters is 1. The van der Waals surface area contributed by atoms with Gasteiger partial charge >= 0.3 is 5.97 Å². The maximum Gasteiger partial charge on any atom is 0.312 e. The van der Waals surface area contributed by atoms with Gasteiger partial charge in [0.15, 0.2) is 0 Å². The third kappa shape index (κ3) is 1.58. The van der Waals surface area contributed by atoms with E-state index in [4.69, 9.17) is 4.74 Å². The van der Waals surface area contributed by atoms with Gasteiger partial charge in [0.2, 0.25) is 0 Å². The lowest BCUT2D eigenvalue weighted by Crippen LogP contribution is -2.35. The van der Waals surface area contributed by atoms with Gasteiger partial charge in [-0.25, -0.2) is 0 Å². The molecule has 3 unspecified atom stereocenters. The van der Waals surface area contributed by atoms with Gasteiger partial charge in [0.05, 0.1) is 12.5 Å². The number of aldehydes is 1. The Morgan fingerprint density at radius 1 is 1.60 bits per heavy atom. The van der Waals surface area contributed by atoms with Crippen molar-refractivity contribution in [1.29, 1.82) is 0 Å². The molecule has 0 spiro atoms. The molecule has 3 nitrogen and oxygen atoms in total. The van der Waals surface area contributed by atoms with Crippen LogP contribution in [-0.2, 0) is 14.3 Å². The van der Waals surface area contributed by atoms with E-state index in [1.165, 1.54) is 7.11 Å². The molecule has 0 heterocycles. The average Bonchev–Trinajstić information content (AvgIpc) is 2.83. The minimum absolute atomic E-state index is 0.0431. The molecule has 3 heteroatoms. The topological polar surface area (TPSA) is 43.4 Å². The first-order valence-corrected chi connectivity index (χ1v) is 5.75. The van der Waals surface area contributed by atoms with Crippen LogP contribution in [-0.4, -0.2) is 19.4 Å². The van der Waals surface area contributed by atoms with Gasteiger partial charge in [0.25, 0.3) is 0 Å². The summed E-state index contributed by atoms with van der Waals surface area (Å²) >= 11 is 0. The largest absolute Gasteiger partial charge is 0.469 e. The first-order chi connectivity index (χ1) is 7.23. The summed E-state index contributed by atoms with van der Waals surface area (Å²) in [7, 11) is 1.47. The second-order valence-electron chi connectivity index (χ2n) is 4.93. The second-order valence-corrected chi connectivity index (χ2v) is 4.93. The summed E-state index contributed by atoms with van der Waals surface area (Å²) in [6.45, 7) is 0. The van der Waals surface area contributed by atoms with E-state index in [0.29, 0.717) is 18.3 Å². The molecule has 0 aliphatic heterocycles. The fourth-order valence-corrected chi connectivity index (χ4v) is 3.60. The highest BCUT2D eigenvalue weighted by atomic mass is 16.5. The molecule has 2 aliphatic carbocycles. The quantitative estimate of drug-likeness (QED) is 0.526. The molecule has 0 amide bonds. The minimum Gasteiger partial charge on any atom is -0.469 e. The second kappa shape index (κ2) is 3.95. The SMILES string of the molecule is COC(=O)C12CCC(CC1CCC=O)C2. The van der Waals surface area contributed by atoms with Crippen LogP contribution in [0.2, 0.25) is 0 Å². The zero-order valence-electron chi connectivity index (χ0n) is 9.20. The predicted octanol–water partition coefficient (Wildman–Crippen LogP) is 1.94. The van der Waals surface area contributed by atoms with Crippen molar-refractivity contribution < 1.29 is 14.3 Å². The van der Waals surface area contributed by atoms with E-state index >= 15 is 0 Å². The molecule has 3 atom stereocenters.